The van der Waals surface area contributed by atoms with E-state index in [1.165, 1.54) is 19.5 Å². The van der Waals surface area contributed by atoms with E-state index in [1.54, 1.807) is 12.1 Å². The van der Waals surface area contributed by atoms with Gasteiger partial charge in [-0.1, -0.05) is 6.92 Å². The quantitative estimate of drug-likeness (QED) is 0.908. The Bertz CT molecular complexity index is 602. The highest BCUT2D eigenvalue weighted by atomic mass is 19.1. The summed E-state index contributed by atoms with van der Waals surface area (Å²) in [6, 6.07) is 4.82. The van der Waals surface area contributed by atoms with Crippen LogP contribution in [0.3, 0.4) is 0 Å². The molecule has 20 heavy (non-hydrogen) atoms. The van der Waals surface area contributed by atoms with E-state index in [0.717, 1.165) is 30.0 Å². The monoisotopic (exact) mass is 275 g/mol. The molecule has 4 nitrogen and oxygen atoms in total. The molecule has 0 saturated carbocycles. The van der Waals surface area contributed by atoms with Gasteiger partial charge in [0.15, 0.2) is 11.6 Å². The van der Waals surface area contributed by atoms with Crippen molar-refractivity contribution in [1.29, 1.82) is 0 Å². The minimum atomic E-state index is -0.397. The largest absolute Gasteiger partial charge is 0.494 e. The van der Waals surface area contributed by atoms with Crippen molar-refractivity contribution in [3.8, 4) is 17.0 Å². The van der Waals surface area contributed by atoms with Crippen molar-refractivity contribution in [2.45, 2.75) is 20.3 Å². The molecule has 0 radical (unpaired) electrons. The highest BCUT2D eigenvalue weighted by Gasteiger charge is 2.11. The summed E-state index contributed by atoms with van der Waals surface area (Å²) in [7, 11) is 1.45. The fraction of sp³-hybridized carbons (Fsp3) is 0.333. The van der Waals surface area contributed by atoms with E-state index in [2.05, 4.69) is 22.2 Å². The number of ether oxygens (including phenoxy) is 1. The van der Waals surface area contributed by atoms with Gasteiger partial charge < -0.3 is 10.1 Å². The minimum Gasteiger partial charge on any atom is -0.494 e. The van der Waals surface area contributed by atoms with E-state index in [-0.39, 0.29) is 5.75 Å². The Morgan fingerprint density at radius 3 is 2.75 bits per heavy atom. The van der Waals surface area contributed by atoms with Crippen LogP contribution in [0.1, 0.15) is 18.9 Å². The zero-order valence-corrected chi connectivity index (χ0v) is 11.9. The van der Waals surface area contributed by atoms with Gasteiger partial charge in [-0.15, -0.1) is 0 Å². The van der Waals surface area contributed by atoms with Crippen LogP contribution in [0.5, 0.6) is 5.75 Å². The second kappa shape index (κ2) is 6.32. The van der Waals surface area contributed by atoms with Crippen LogP contribution in [-0.2, 0) is 0 Å². The summed E-state index contributed by atoms with van der Waals surface area (Å²) >= 11 is 0. The average molecular weight is 275 g/mol. The Hall–Kier alpha value is -2.17. The zero-order valence-electron chi connectivity index (χ0n) is 11.9. The molecule has 0 fully saturated rings. The third-order valence-electron chi connectivity index (χ3n) is 3.05. The number of rotatable bonds is 5. The molecule has 0 spiro atoms. The van der Waals surface area contributed by atoms with Crippen LogP contribution in [0.4, 0.5) is 10.2 Å². The lowest BCUT2D eigenvalue weighted by atomic mass is 10.1. The maximum Gasteiger partial charge on any atom is 0.165 e. The number of hydrogen-bond donors (Lipinski definition) is 1. The first-order chi connectivity index (χ1) is 9.67. The van der Waals surface area contributed by atoms with Crippen molar-refractivity contribution in [3.05, 3.63) is 35.9 Å². The van der Waals surface area contributed by atoms with Gasteiger partial charge >= 0.3 is 0 Å². The van der Waals surface area contributed by atoms with E-state index in [4.69, 9.17) is 4.74 Å². The summed E-state index contributed by atoms with van der Waals surface area (Å²) in [6.07, 6.45) is 2.50. The second-order valence-corrected chi connectivity index (χ2v) is 4.47. The molecule has 5 heteroatoms. The molecule has 0 atom stereocenters. The van der Waals surface area contributed by atoms with Crippen LogP contribution in [0, 0.1) is 12.7 Å². The highest BCUT2D eigenvalue weighted by Crippen LogP contribution is 2.28. The molecule has 0 aliphatic rings. The summed E-state index contributed by atoms with van der Waals surface area (Å²) in [5.41, 5.74) is 2.34. The third-order valence-corrected chi connectivity index (χ3v) is 3.05. The Labute approximate surface area is 118 Å². The van der Waals surface area contributed by atoms with E-state index >= 15 is 0 Å². The number of nitrogens with zero attached hydrogens (tertiary/aromatic N) is 2. The number of benzene rings is 1. The number of anilines is 1. The minimum absolute atomic E-state index is 0.227. The number of nitrogens with one attached hydrogen (secondary N) is 1. The van der Waals surface area contributed by atoms with Crippen LogP contribution >= 0.6 is 0 Å². The van der Waals surface area contributed by atoms with Gasteiger partial charge in [-0.05, 0) is 31.5 Å². The van der Waals surface area contributed by atoms with Crippen molar-refractivity contribution in [3.63, 3.8) is 0 Å². The molecule has 106 valence electrons. The number of aromatic nitrogens is 2. The van der Waals surface area contributed by atoms with Crippen LogP contribution in [0.25, 0.3) is 11.3 Å². The first-order valence-corrected chi connectivity index (χ1v) is 6.56. The molecule has 1 heterocycles. The van der Waals surface area contributed by atoms with Crippen molar-refractivity contribution >= 4 is 5.82 Å². The fourth-order valence-corrected chi connectivity index (χ4v) is 1.98. The van der Waals surface area contributed by atoms with Gasteiger partial charge in [0.25, 0.3) is 0 Å². The Kier molecular flexibility index (Phi) is 4.50. The Morgan fingerprint density at radius 1 is 1.30 bits per heavy atom. The molecule has 0 aliphatic carbocycles. The molecule has 0 unspecified atom stereocenters. The normalized spacial score (nSPS) is 10.4. The standard InChI is InChI=1S/C15H18FN3O/c1-4-7-17-15-10(2)14(18-9-19-15)11-5-6-13(20-3)12(16)8-11/h5-6,8-9H,4,7H2,1-3H3,(H,17,18,19). The van der Waals surface area contributed by atoms with Gasteiger partial charge in [-0.2, -0.15) is 0 Å². The van der Waals surface area contributed by atoms with Crippen LogP contribution in [0.2, 0.25) is 0 Å². The van der Waals surface area contributed by atoms with Crippen LogP contribution in [-0.4, -0.2) is 23.6 Å². The lowest BCUT2D eigenvalue weighted by Gasteiger charge is -2.11. The van der Waals surface area contributed by atoms with Crippen LogP contribution in [0.15, 0.2) is 24.5 Å². The summed E-state index contributed by atoms with van der Waals surface area (Å²) in [5, 5.41) is 3.24. The third kappa shape index (κ3) is 2.87. The SMILES string of the molecule is CCCNc1ncnc(-c2ccc(OC)c(F)c2)c1C. The van der Waals surface area contributed by atoms with Gasteiger partial charge in [-0.3, -0.25) is 0 Å². The molecule has 0 bridgehead atoms. The maximum atomic E-state index is 13.8. The fourth-order valence-electron chi connectivity index (χ4n) is 1.98. The smallest absolute Gasteiger partial charge is 0.165 e. The maximum absolute atomic E-state index is 13.8. The first-order valence-electron chi connectivity index (χ1n) is 6.56. The lowest BCUT2D eigenvalue weighted by Crippen LogP contribution is -2.05. The van der Waals surface area contributed by atoms with Gasteiger partial charge in [-0.25, -0.2) is 14.4 Å². The molecule has 1 aromatic heterocycles. The van der Waals surface area contributed by atoms with Crippen molar-refractivity contribution in [2.75, 3.05) is 19.0 Å². The molecule has 0 amide bonds. The van der Waals surface area contributed by atoms with E-state index in [9.17, 15) is 4.39 Å². The van der Waals surface area contributed by atoms with Gasteiger partial charge in [0.05, 0.1) is 12.8 Å². The van der Waals surface area contributed by atoms with Crippen molar-refractivity contribution in [2.24, 2.45) is 0 Å². The summed E-state index contributed by atoms with van der Waals surface area (Å²) in [6.45, 7) is 4.85. The summed E-state index contributed by atoms with van der Waals surface area (Å²) < 4.78 is 18.7. The van der Waals surface area contributed by atoms with Gasteiger partial charge in [0.1, 0.15) is 12.1 Å². The van der Waals surface area contributed by atoms with E-state index in [0.29, 0.717) is 5.56 Å². The van der Waals surface area contributed by atoms with Crippen LogP contribution < -0.4 is 10.1 Å². The Morgan fingerprint density at radius 2 is 2.10 bits per heavy atom. The first kappa shape index (κ1) is 14.2. The lowest BCUT2D eigenvalue weighted by molar-refractivity contribution is 0.386. The average Bonchev–Trinajstić information content (AvgIpc) is 2.46. The summed E-state index contributed by atoms with van der Waals surface area (Å²) in [4.78, 5) is 8.47. The Balaban J connectivity index is 2.39. The van der Waals surface area contributed by atoms with E-state index < -0.39 is 5.82 Å². The topological polar surface area (TPSA) is 47.0 Å². The molecule has 1 N–H and O–H groups in total. The summed E-state index contributed by atoms with van der Waals surface area (Å²) in [5.74, 6) is 0.615. The van der Waals surface area contributed by atoms with Gasteiger partial charge in [0, 0.05) is 17.7 Å². The molecule has 0 aliphatic heterocycles. The molecule has 2 aromatic rings. The van der Waals surface area contributed by atoms with E-state index in [1.807, 2.05) is 6.92 Å². The second-order valence-electron chi connectivity index (χ2n) is 4.47. The molecule has 2 rings (SSSR count). The number of hydrogen-bond acceptors (Lipinski definition) is 4. The molecular weight excluding hydrogens is 257 g/mol. The van der Waals surface area contributed by atoms with Crippen molar-refractivity contribution < 1.29 is 9.13 Å². The number of halogens is 1. The molecule has 0 saturated heterocycles. The highest BCUT2D eigenvalue weighted by molar-refractivity contribution is 5.68. The molecule has 1 aromatic carbocycles. The predicted octanol–water partition coefficient (Wildman–Crippen LogP) is 3.42. The number of methoxy groups -OCH3 is 1. The predicted molar refractivity (Wildman–Crippen MR) is 77.5 cm³/mol. The van der Waals surface area contributed by atoms with Crippen molar-refractivity contribution in [1.82, 2.24) is 9.97 Å². The molecular formula is C15H18FN3O. The zero-order chi connectivity index (χ0) is 14.5. The van der Waals surface area contributed by atoms with Gasteiger partial charge in [0.2, 0.25) is 0 Å².